The summed E-state index contributed by atoms with van der Waals surface area (Å²) in [5, 5.41) is 18.6. The predicted octanol–water partition coefficient (Wildman–Crippen LogP) is 2.36. The van der Waals surface area contributed by atoms with Crippen LogP contribution in [0.25, 0.3) is 0 Å². The third kappa shape index (κ3) is 3.33. The Balaban J connectivity index is 2.12. The first-order valence-corrected chi connectivity index (χ1v) is 6.53. The molecule has 1 aromatic rings. The van der Waals surface area contributed by atoms with E-state index >= 15 is 0 Å². The van der Waals surface area contributed by atoms with Gasteiger partial charge in [-0.05, 0) is 38.8 Å². The lowest BCUT2D eigenvalue weighted by Crippen LogP contribution is -2.32. The molecule has 1 saturated heterocycles. The van der Waals surface area contributed by atoms with E-state index in [-0.39, 0.29) is 0 Å². The Bertz CT molecular complexity index is 513. The van der Waals surface area contributed by atoms with Crippen LogP contribution in [-0.4, -0.2) is 23.2 Å². The lowest BCUT2D eigenvalue weighted by atomic mass is 10.0. The van der Waals surface area contributed by atoms with E-state index in [4.69, 9.17) is 5.26 Å². The SMILES string of the molecule is CC(C)(O)c1cccc(N2CCC(=CC#N)CC2)n1. The Morgan fingerprint density at radius 3 is 2.63 bits per heavy atom. The van der Waals surface area contributed by atoms with Crippen LogP contribution in [0.3, 0.4) is 0 Å². The minimum Gasteiger partial charge on any atom is -0.384 e. The minimum atomic E-state index is -0.919. The maximum absolute atomic E-state index is 10.00. The highest BCUT2D eigenvalue weighted by Crippen LogP contribution is 2.24. The summed E-state index contributed by atoms with van der Waals surface area (Å²) in [5.41, 5.74) is 0.971. The summed E-state index contributed by atoms with van der Waals surface area (Å²) in [6.07, 6.45) is 3.46. The monoisotopic (exact) mass is 257 g/mol. The van der Waals surface area contributed by atoms with Gasteiger partial charge in [-0.15, -0.1) is 0 Å². The second-order valence-corrected chi connectivity index (χ2v) is 5.36. The van der Waals surface area contributed by atoms with Crippen LogP contribution in [-0.2, 0) is 5.60 Å². The van der Waals surface area contributed by atoms with Crippen LogP contribution in [0.5, 0.6) is 0 Å². The fourth-order valence-corrected chi connectivity index (χ4v) is 2.20. The average Bonchev–Trinajstić information content (AvgIpc) is 2.39. The Hall–Kier alpha value is -1.86. The number of anilines is 1. The summed E-state index contributed by atoms with van der Waals surface area (Å²) in [7, 11) is 0. The molecule has 0 atom stereocenters. The smallest absolute Gasteiger partial charge is 0.128 e. The summed E-state index contributed by atoms with van der Waals surface area (Å²) >= 11 is 0. The number of hydrogen-bond acceptors (Lipinski definition) is 4. The lowest BCUT2D eigenvalue weighted by molar-refractivity contribution is 0.0739. The van der Waals surface area contributed by atoms with Crippen LogP contribution in [0, 0.1) is 11.3 Å². The number of rotatable bonds is 2. The normalized spacial score (nSPS) is 16.1. The van der Waals surface area contributed by atoms with Gasteiger partial charge in [-0.3, -0.25) is 0 Å². The second-order valence-electron chi connectivity index (χ2n) is 5.36. The molecule has 1 aliphatic heterocycles. The van der Waals surface area contributed by atoms with Crippen molar-refractivity contribution in [3.63, 3.8) is 0 Å². The van der Waals surface area contributed by atoms with Gasteiger partial charge in [0.15, 0.2) is 0 Å². The van der Waals surface area contributed by atoms with Crippen molar-refractivity contribution in [1.29, 1.82) is 5.26 Å². The third-order valence-electron chi connectivity index (χ3n) is 3.36. The van der Waals surface area contributed by atoms with Crippen molar-refractivity contribution in [1.82, 2.24) is 4.98 Å². The van der Waals surface area contributed by atoms with Gasteiger partial charge in [-0.25, -0.2) is 4.98 Å². The number of pyridine rings is 1. The first-order valence-electron chi connectivity index (χ1n) is 6.53. The number of aliphatic hydroxyl groups is 1. The number of aromatic nitrogens is 1. The number of piperidine rings is 1. The first kappa shape index (κ1) is 13.6. The van der Waals surface area contributed by atoms with E-state index in [1.54, 1.807) is 19.9 Å². The molecule has 0 bridgehead atoms. The van der Waals surface area contributed by atoms with Crippen molar-refractivity contribution in [3.8, 4) is 6.07 Å². The Kier molecular flexibility index (Phi) is 3.87. The van der Waals surface area contributed by atoms with Gasteiger partial charge in [-0.1, -0.05) is 11.6 Å². The van der Waals surface area contributed by atoms with Crippen LogP contribution in [0.4, 0.5) is 5.82 Å². The summed E-state index contributed by atoms with van der Waals surface area (Å²) in [6, 6.07) is 7.83. The molecular weight excluding hydrogens is 238 g/mol. The van der Waals surface area contributed by atoms with Crippen LogP contribution < -0.4 is 4.90 Å². The van der Waals surface area contributed by atoms with Crippen LogP contribution in [0.2, 0.25) is 0 Å². The number of hydrogen-bond donors (Lipinski definition) is 1. The van der Waals surface area contributed by atoms with E-state index in [1.807, 2.05) is 18.2 Å². The van der Waals surface area contributed by atoms with Gasteiger partial charge in [0.2, 0.25) is 0 Å². The van der Waals surface area contributed by atoms with E-state index in [9.17, 15) is 5.11 Å². The summed E-state index contributed by atoms with van der Waals surface area (Å²) in [6.45, 7) is 5.22. The van der Waals surface area contributed by atoms with Gasteiger partial charge in [0, 0.05) is 19.2 Å². The van der Waals surface area contributed by atoms with Crippen molar-refractivity contribution in [2.45, 2.75) is 32.3 Å². The third-order valence-corrected chi connectivity index (χ3v) is 3.36. The molecule has 1 aliphatic rings. The molecule has 0 aromatic carbocycles. The number of nitriles is 1. The highest BCUT2D eigenvalue weighted by Gasteiger charge is 2.20. The fourth-order valence-electron chi connectivity index (χ4n) is 2.20. The molecule has 19 heavy (non-hydrogen) atoms. The summed E-state index contributed by atoms with van der Waals surface area (Å²) < 4.78 is 0. The van der Waals surface area contributed by atoms with Gasteiger partial charge in [0.1, 0.15) is 11.4 Å². The molecule has 0 aliphatic carbocycles. The van der Waals surface area contributed by atoms with Crippen molar-refractivity contribution in [2.75, 3.05) is 18.0 Å². The van der Waals surface area contributed by atoms with Crippen LogP contribution in [0.1, 0.15) is 32.4 Å². The standard InChI is InChI=1S/C15H19N3O/c1-15(2,19)13-4-3-5-14(17-13)18-10-7-12(6-9-16)8-11-18/h3-6,19H,7-8,10-11H2,1-2H3. The molecule has 2 heterocycles. The highest BCUT2D eigenvalue weighted by molar-refractivity contribution is 5.41. The molecule has 0 spiro atoms. The van der Waals surface area contributed by atoms with E-state index in [2.05, 4.69) is 16.0 Å². The van der Waals surface area contributed by atoms with Gasteiger partial charge >= 0.3 is 0 Å². The predicted molar refractivity (Wildman–Crippen MR) is 74.6 cm³/mol. The molecule has 100 valence electrons. The van der Waals surface area contributed by atoms with Crippen molar-refractivity contribution < 1.29 is 5.11 Å². The zero-order chi connectivity index (χ0) is 13.9. The Morgan fingerprint density at radius 2 is 2.05 bits per heavy atom. The Morgan fingerprint density at radius 1 is 1.37 bits per heavy atom. The highest BCUT2D eigenvalue weighted by atomic mass is 16.3. The number of nitrogens with zero attached hydrogens (tertiary/aromatic N) is 3. The zero-order valence-electron chi connectivity index (χ0n) is 11.4. The maximum Gasteiger partial charge on any atom is 0.128 e. The molecule has 1 fully saturated rings. The molecule has 4 heteroatoms. The largest absolute Gasteiger partial charge is 0.384 e. The summed E-state index contributed by atoms with van der Waals surface area (Å²) in [4.78, 5) is 6.73. The van der Waals surface area contributed by atoms with Crippen molar-refractivity contribution in [2.24, 2.45) is 0 Å². The van der Waals surface area contributed by atoms with Crippen molar-refractivity contribution in [3.05, 3.63) is 35.5 Å². The molecule has 0 unspecified atom stereocenters. The molecule has 1 N–H and O–H groups in total. The molecule has 0 saturated carbocycles. The van der Waals surface area contributed by atoms with E-state index < -0.39 is 5.60 Å². The molecular formula is C15H19N3O. The fraction of sp³-hybridized carbons (Fsp3) is 0.467. The Labute approximate surface area is 114 Å². The molecule has 2 rings (SSSR count). The zero-order valence-corrected chi connectivity index (χ0v) is 11.4. The molecule has 1 aromatic heterocycles. The lowest BCUT2D eigenvalue weighted by Gasteiger charge is -2.30. The number of allylic oxidation sites excluding steroid dienone is 1. The van der Waals surface area contributed by atoms with E-state index in [0.29, 0.717) is 5.69 Å². The van der Waals surface area contributed by atoms with Gasteiger partial charge in [0.25, 0.3) is 0 Å². The summed E-state index contributed by atoms with van der Waals surface area (Å²) in [5.74, 6) is 0.899. The van der Waals surface area contributed by atoms with Crippen molar-refractivity contribution >= 4 is 5.82 Å². The molecule has 0 amide bonds. The average molecular weight is 257 g/mol. The van der Waals surface area contributed by atoms with Gasteiger partial charge in [0.05, 0.1) is 11.8 Å². The van der Waals surface area contributed by atoms with Gasteiger partial charge in [-0.2, -0.15) is 5.26 Å². The topological polar surface area (TPSA) is 60.1 Å². The molecule has 0 radical (unpaired) electrons. The second kappa shape index (κ2) is 5.41. The van der Waals surface area contributed by atoms with Gasteiger partial charge < -0.3 is 10.0 Å². The molecule has 4 nitrogen and oxygen atoms in total. The minimum absolute atomic E-state index is 0.684. The van der Waals surface area contributed by atoms with E-state index in [0.717, 1.165) is 31.7 Å². The quantitative estimate of drug-likeness (QED) is 0.826. The first-order chi connectivity index (χ1) is 9.00. The maximum atomic E-state index is 10.00. The van der Waals surface area contributed by atoms with E-state index in [1.165, 1.54) is 5.57 Å². The van der Waals surface area contributed by atoms with Crippen LogP contribution >= 0.6 is 0 Å². The van der Waals surface area contributed by atoms with Crippen LogP contribution in [0.15, 0.2) is 29.8 Å².